The summed E-state index contributed by atoms with van der Waals surface area (Å²) >= 11 is 0. The molecular weight excluding hydrogens is 827 g/mol. The summed E-state index contributed by atoms with van der Waals surface area (Å²) in [7, 11) is 6.37. The minimum atomic E-state index is 0. The van der Waals surface area contributed by atoms with E-state index in [9.17, 15) is 0 Å². The van der Waals surface area contributed by atoms with Crippen molar-refractivity contribution in [1.82, 2.24) is 44.4 Å². The van der Waals surface area contributed by atoms with Gasteiger partial charge in [0.05, 0.1) is 38.4 Å². The second-order valence-electron chi connectivity index (χ2n) is 13.4. The Morgan fingerprint density at radius 1 is 0.472 bits per heavy atom. The smallest absolute Gasteiger partial charge is 1.00 e. The maximum atomic E-state index is 6.63. The molecule has 0 atom stereocenters. The van der Waals surface area contributed by atoms with E-state index in [4.69, 9.17) is 44.6 Å². The molecule has 5 aromatic carbocycles. The Labute approximate surface area is 333 Å². The van der Waals surface area contributed by atoms with Crippen LogP contribution in [0.1, 0.15) is 0 Å². The summed E-state index contributed by atoms with van der Waals surface area (Å²) in [5.41, 5.74) is 6.38. The summed E-state index contributed by atoms with van der Waals surface area (Å²) in [5.74, 6) is 3.22. The van der Waals surface area contributed by atoms with Crippen LogP contribution in [0.15, 0.2) is 115 Å². The van der Waals surface area contributed by atoms with E-state index in [0.29, 0.717) is 61.9 Å². The molecule has 5 heterocycles. The molecule has 53 heavy (non-hydrogen) atoms. The molecule has 3 aromatic heterocycles. The monoisotopic (exact) mass is 853 g/mol. The second-order valence-corrected chi connectivity index (χ2v) is 13.4. The second kappa shape index (κ2) is 13.2. The van der Waals surface area contributed by atoms with Gasteiger partial charge in [-0.2, -0.15) is 0 Å². The van der Waals surface area contributed by atoms with Crippen LogP contribution < -0.4 is 43.2 Å². The first-order valence-electron chi connectivity index (χ1n) is 16.6. The first kappa shape index (κ1) is 34.6. The largest absolute Gasteiger partial charge is 2.00 e. The van der Waals surface area contributed by atoms with Gasteiger partial charge in [-0.1, -0.05) is 91.0 Å². The summed E-state index contributed by atoms with van der Waals surface area (Å²) < 4.78 is 7.28. The van der Waals surface area contributed by atoms with Crippen LogP contribution in [0.4, 0.5) is 5.69 Å². The third-order valence-electron chi connectivity index (χ3n) is 9.23. The first-order valence-corrected chi connectivity index (χ1v) is 16.6. The summed E-state index contributed by atoms with van der Waals surface area (Å²) in [4.78, 5) is 40.2. The van der Waals surface area contributed by atoms with Crippen molar-refractivity contribution in [3.63, 3.8) is 0 Å². The molecule has 10 nitrogen and oxygen atoms in total. The first-order chi connectivity index (χ1) is 24.9. The van der Waals surface area contributed by atoms with Crippen LogP contribution >= 0.6 is 0 Å². The summed E-state index contributed by atoms with van der Waals surface area (Å²) in [6.45, 7) is 0. The van der Waals surface area contributed by atoms with Crippen LogP contribution in [0.5, 0.6) is 11.5 Å². The van der Waals surface area contributed by atoms with E-state index >= 15 is 0 Å². The fraction of sp³-hybridized carbons (Fsp3) is 0.0732. The van der Waals surface area contributed by atoms with Crippen LogP contribution in [0.3, 0.4) is 0 Å². The fourth-order valence-electron chi connectivity index (χ4n) is 6.70. The Bertz CT molecular complexity index is 2920. The molecule has 8 bridgehead atoms. The topological polar surface area (TPSA) is 115 Å². The van der Waals surface area contributed by atoms with Crippen molar-refractivity contribution in [2.75, 3.05) is 21.1 Å². The van der Waals surface area contributed by atoms with E-state index in [1.165, 1.54) is 0 Å². The third kappa shape index (κ3) is 5.87. The van der Waals surface area contributed by atoms with Gasteiger partial charge in [-0.3, -0.25) is 4.48 Å². The molecule has 12 heteroatoms. The van der Waals surface area contributed by atoms with Crippen molar-refractivity contribution < 1.29 is 48.2 Å². The van der Waals surface area contributed by atoms with Crippen molar-refractivity contribution in [1.29, 1.82) is 0 Å². The molecule has 0 saturated carbocycles. The molecule has 0 fully saturated rings. The molecule has 0 spiro atoms. The van der Waals surface area contributed by atoms with Gasteiger partial charge >= 0.3 is 19.5 Å². The molecule has 252 valence electrons. The maximum absolute atomic E-state index is 6.63. The van der Waals surface area contributed by atoms with Gasteiger partial charge in [0.2, 0.25) is 0 Å². The Hall–Kier alpha value is -5.43. The molecule has 0 aliphatic carbocycles. The van der Waals surface area contributed by atoms with Crippen LogP contribution in [0.25, 0.3) is 89.7 Å². The Kier molecular flexibility index (Phi) is 8.64. The number of benzene rings is 5. The average molecular weight is 855 g/mol. The van der Waals surface area contributed by atoms with E-state index in [1.807, 2.05) is 103 Å². The van der Waals surface area contributed by atoms with Crippen molar-refractivity contribution in [3.8, 4) is 57.1 Å². The normalized spacial score (nSPS) is 11.8. The molecule has 0 unspecified atom stereocenters. The zero-order valence-corrected chi connectivity index (χ0v) is 34.1. The van der Waals surface area contributed by atoms with Gasteiger partial charge in [0, 0.05) is 45.3 Å². The Morgan fingerprint density at radius 3 is 1.49 bits per heavy atom. The molecule has 8 aromatic rings. The predicted molar refractivity (Wildman–Crippen MR) is 200 cm³/mol. The molecule has 10 rings (SSSR count). The van der Waals surface area contributed by atoms with Crippen molar-refractivity contribution >= 4 is 49.8 Å². The Morgan fingerprint density at radius 2 is 0.925 bits per heavy atom. The van der Waals surface area contributed by atoms with E-state index < -0.39 is 0 Å². The van der Waals surface area contributed by atoms with E-state index in [2.05, 4.69) is 33.3 Å². The predicted octanol–water partition coefficient (Wildman–Crippen LogP) is 5.12. The zero-order valence-electron chi connectivity index (χ0n) is 29.0. The van der Waals surface area contributed by atoms with Gasteiger partial charge in [0.1, 0.15) is 17.2 Å². The molecule has 2 aliphatic rings. The number of rotatable bonds is 3. The van der Waals surface area contributed by atoms with Gasteiger partial charge in [0.25, 0.3) is 0 Å². The van der Waals surface area contributed by atoms with Gasteiger partial charge < -0.3 is 53.6 Å². The van der Waals surface area contributed by atoms with Gasteiger partial charge in [-0.05, 0) is 39.7 Å². The molecular formula is C41H28IN9OZn. The minimum Gasteiger partial charge on any atom is -1.00 e. The molecule has 0 radical (unpaired) electrons. The zero-order chi connectivity index (χ0) is 34.3. The number of quaternary nitrogens is 1. The number of ether oxygens (including phenoxy) is 1. The standard InChI is InChI=1S/C41H28N9O.HI.Zn/c1-50(2,3)23-12-10-13-24(22-23)51-32-21-11-20-31-33(32)41-48-39-30-19-9-8-18-29(30)37(46-39)44-35-26-15-5-4-14-25(26)34(42-35)43-36-27-16-6-7-17-28(27)38(45-36)47-40(31)49-41;;/h4-22H,1-3H3;1H;/q-1;;+2/p-1. The molecule has 2 aliphatic heterocycles. The van der Waals surface area contributed by atoms with Crippen molar-refractivity contribution in [2.45, 2.75) is 0 Å². The van der Waals surface area contributed by atoms with Crippen molar-refractivity contribution in [3.05, 3.63) is 115 Å². The summed E-state index contributed by atoms with van der Waals surface area (Å²) in [6, 6.07) is 37.8. The number of aromatic nitrogens is 8. The van der Waals surface area contributed by atoms with Crippen LogP contribution in [-0.4, -0.2) is 51.0 Å². The number of hydrogen-bond acceptors (Lipinski definition) is 7. The Balaban J connectivity index is 0.00000200. The fourth-order valence-corrected chi connectivity index (χ4v) is 6.70. The number of nitrogens with zero attached hydrogens (tertiary/aromatic N) is 9. The van der Waals surface area contributed by atoms with E-state index in [0.717, 1.165) is 49.5 Å². The number of hydrogen-bond donors (Lipinski definition) is 0. The van der Waals surface area contributed by atoms with Gasteiger partial charge in [-0.15, -0.1) is 0 Å². The third-order valence-corrected chi connectivity index (χ3v) is 9.23. The van der Waals surface area contributed by atoms with E-state index in [1.54, 1.807) is 0 Å². The van der Waals surface area contributed by atoms with Gasteiger partial charge in [-0.25, -0.2) is 15.0 Å². The van der Waals surface area contributed by atoms with Crippen LogP contribution in [-0.2, 0) is 19.5 Å². The average Bonchev–Trinajstić information content (AvgIpc) is 3.87. The molecule has 0 N–H and O–H groups in total. The quantitative estimate of drug-likeness (QED) is 0.136. The number of fused-ring (bicyclic) bond motifs is 20. The van der Waals surface area contributed by atoms with E-state index in [-0.39, 0.29) is 43.5 Å². The van der Waals surface area contributed by atoms with Crippen molar-refractivity contribution in [2.24, 2.45) is 0 Å². The van der Waals surface area contributed by atoms with Gasteiger partial charge in [0.15, 0.2) is 11.6 Å². The SMILES string of the molecule is C[N+](C)(C)c1cccc(Oc2cccc3c2-c2nc4nc(nc5[n-]c(nc6[n-]c(nc-3n2)c2ccccc62)c2ccccc52)-c2ccccc2-4)c1.[I-].[Zn+2]. The van der Waals surface area contributed by atoms with Crippen LogP contribution in [0, 0.1) is 0 Å². The molecule has 0 amide bonds. The molecule has 0 saturated heterocycles. The summed E-state index contributed by atoms with van der Waals surface area (Å²) in [5, 5.41) is 3.46. The number of halogens is 1. The maximum Gasteiger partial charge on any atom is 2.00 e. The van der Waals surface area contributed by atoms with Crippen LogP contribution in [0.2, 0.25) is 0 Å². The minimum absolute atomic E-state index is 0. The summed E-state index contributed by atoms with van der Waals surface area (Å²) in [6.07, 6.45) is 0.